The first kappa shape index (κ1) is 21.4. The van der Waals surface area contributed by atoms with Crippen LogP contribution in [0.5, 0.6) is 0 Å². The van der Waals surface area contributed by atoms with Crippen molar-refractivity contribution >= 4 is 17.6 Å². The molecule has 5 aliphatic rings. The van der Waals surface area contributed by atoms with Gasteiger partial charge >= 0.3 is 6.09 Å². The quantitative estimate of drug-likeness (QED) is 0.609. The molecule has 1 amide bonds. The van der Waals surface area contributed by atoms with Crippen molar-refractivity contribution < 1.29 is 13.9 Å². The van der Waals surface area contributed by atoms with Gasteiger partial charge in [-0.3, -0.25) is 9.88 Å². The molecule has 6 nitrogen and oxygen atoms in total. The molecule has 1 aliphatic carbocycles. The number of ether oxygens (including phenoxy) is 1. The lowest BCUT2D eigenvalue weighted by Gasteiger charge is -2.41. The van der Waals surface area contributed by atoms with Gasteiger partial charge in [0, 0.05) is 48.2 Å². The number of halogens is 1. The summed E-state index contributed by atoms with van der Waals surface area (Å²) >= 11 is 0. The summed E-state index contributed by atoms with van der Waals surface area (Å²) in [6.45, 7) is 5.73. The van der Waals surface area contributed by atoms with Crippen LogP contribution in [-0.2, 0) is 4.74 Å². The lowest BCUT2D eigenvalue weighted by Crippen LogP contribution is -2.49. The Kier molecular flexibility index (Phi) is 4.70. The third-order valence-corrected chi connectivity index (χ3v) is 7.59. The minimum absolute atomic E-state index is 0.0643. The van der Waals surface area contributed by atoms with Crippen LogP contribution in [0.15, 0.2) is 53.4 Å². The molecule has 6 rings (SSSR count). The standard InChI is InChI=1S/C27H31FN4O2/c1-27(2,3)34-26(33)32-17-7-8-18(32)11-15(10-17)21-13-22-23-16(14-31(22)4)12-20(28)19-6-5-9-29-24(19)25(23)30-21/h5-6,9-10,12,14,17-18,21-22,30H,7-8,11,13H2,1-4H3/t17-,18+,21?,22?/m1/s1. The molecule has 0 saturated carbocycles. The van der Waals surface area contributed by atoms with Crippen molar-refractivity contribution in [2.45, 2.75) is 76.2 Å². The zero-order valence-corrected chi connectivity index (χ0v) is 20.1. The Labute approximate surface area is 199 Å². The molecule has 1 aromatic rings. The van der Waals surface area contributed by atoms with Gasteiger partial charge < -0.3 is 15.0 Å². The summed E-state index contributed by atoms with van der Waals surface area (Å²) in [5.74, 6) is -0.251. The van der Waals surface area contributed by atoms with Crippen molar-refractivity contribution in [3.05, 3.63) is 64.7 Å². The number of fused-ring (bicyclic) bond motifs is 4. The number of hydrogen-bond donors (Lipinski definition) is 1. The van der Waals surface area contributed by atoms with E-state index in [1.165, 1.54) is 5.57 Å². The molecule has 0 radical (unpaired) electrons. The molecule has 2 bridgehead atoms. The fourth-order valence-corrected chi connectivity index (χ4v) is 6.19. The van der Waals surface area contributed by atoms with Crippen LogP contribution in [0.1, 0.15) is 57.7 Å². The fourth-order valence-electron chi connectivity index (χ4n) is 6.19. The molecule has 1 aromatic heterocycles. The van der Waals surface area contributed by atoms with Crippen molar-refractivity contribution in [3.63, 3.8) is 0 Å². The smallest absolute Gasteiger partial charge is 0.411 e. The summed E-state index contributed by atoms with van der Waals surface area (Å²) in [5, 5.41) is 3.76. The van der Waals surface area contributed by atoms with E-state index >= 15 is 4.39 Å². The van der Waals surface area contributed by atoms with Crippen LogP contribution >= 0.6 is 0 Å². The summed E-state index contributed by atoms with van der Waals surface area (Å²) in [5.41, 5.74) is 5.00. The molecular weight excluding hydrogens is 431 g/mol. The summed E-state index contributed by atoms with van der Waals surface area (Å²) in [6.07, 6.45) is 11.1. The number of nitrogens with zero attached hydrogens (tertiary/aromatic N) is 3. The van der Waals surface area contributed by atoms with Crippen LogP contribution in [0.3, 0.4) is 0 Å². The topological polar surface area (TPSA) is 57.7 Å². The highest BCUT2D eigenvalue weighted by Gasteiger charge is 2.45. The first-order valence-corrected chi connectivity index (χ1v) is 12.2. The number of likely N-dealkylation sites (N-methyl/N-ethyl adjacent to an activating group) is 1. The SMILES string of the molecule is CN1C=C2C=C(F)c3cccnc3C3=C2C1CC(C1=C[C@H]2CC[C@@H](C1)N2C(=O)OC(C)(C)C)N3. The third-order valence-electron chi connectivity index (χ3n) is 7.59. The minimum atomic E-state index is -0.505. The Morgan fingerprint density at radius 1 is 1.29 bits per heavy atom. The molecule has 0 spiro atoms. The van der Waals surface area contributed by atoms with E-state index in [1.54, 1.807) is 24.4 Å². The number of carbonyl (C=O) groups excluding carboxylic acids is 1. The van der Waals surface area contributed by atoms with E-state index in [1.807, 2.05) is 31.9 Å². The first-order chi connectivity index (χ1) is 16.2. The molecule has 34 heavy (non-hydrogen) atoms. The van der Waals surface area contributed by atoms with Gasteiger partial charge in [0.2, 0.25) is 0 Å². The second kappa shape index (κ2) is 7.45. The van der Waals surface area contributed by atoms with Gasteiger partial charge in [-0.05, 0) is 70.2 Å². The van der Waals surface area contributed by atoms with Crippen LogP contribution in [0, 0.1) is 0 Å². The zero-order chi connectivity index (χ0) is 23.8. The molecule has 1 N–H and O–H groups in total. The number of aromatic nitrogens is 1. The predicted molar refractivity (Wildman–Crippen MR) is 129 cm³/mol. The second-order valence-electron chi connectivity index (χ2n) is 11.0. The van der Waals surface area contributed by atoms with Crippen LogP contribution in [0.25, 0.3) is 11.5 Å². The molecule has 0 aromatic carbocycles. The van der Waals surface area contributed by atoms with Crippen LogP contribution in [0.4, 0.5) is 9.18 Å². The third kappa shape index (κ3) is 3.36. The van der Waals surface area contributed by atoms with E-state index in [2.05, 4.69) is 28.3 Å². The van der Waals surface area contributed by atoms with Gasteiger partial charge in [-0.15, -0.1) is 0 Å². The summed E-state index contributed by atoms with van der Waals surface area (Å²) in [4.78, 5) is 21.6. The fraction of sp³-hybridized carbons (Fsp3) is 0.481. The van der Waals surface area contributed by atoms with Crippen LogP contribution in [-0.4, -0.2) is 57.7 Å². The largest absolute Gasteiger partial charge is 0.444 e. The first-order valence-electron chi connectivity index (χ1n) is 12.2. The average molecular weight is 463 g/mol. The normalized spacial score (nSPS) is 29.5. The van der Waals surface area contributed by atoms with E-state index < -0.39 is 5.60 Å². The van der Waals surface area contributed by atoms with Gasteiger partial charge in [0.05, 0.1) is 23.5 Å². The van der Waals surface area contributed by atoms with Crippen molar-refractivity contribution in [2.75, 3.05) is 7.05 Å². The maximum Gasteiger partial charge on any atom is 0.411 e. The van der Waals surface area contributed by atoms with Crippen molar-refractivity contribution in [2.24, 2.45) is 0 Å². The molecule has 5 heterocycles. The summed E-state index contributed by atoms with van der Waals surface area (Å²) in [7, 11) is 2.06. The van der Waals surface area contributed by atoms with Crippen molar-refractivity contribution in [1.82, 2.24) is 20.1 Å². The van der Waals surface area contributed by atoms with E-state index in [-0.39, 0.29) is 36.1 Å². The summed E-state index contributed by atoms with van der Waals surface area (Å²) in [6, 6.07) is 4.07. The Balaban J connectivity index is 1.33. The highest BCUT2D eigenvalue weighted by Crippen LogP contribution is 2.46. The lowest BCUT2D eigenvalue weighted by atomic mass is 9.84. The monoisotopic (exact) mass is 462 g/mol. The van der Waals surface area contributed by atoms with Gasteiger partial charge in [0.15, 0.2) is 0 Å². The van der Waals surface area contributed by atoms with Gasteiger partial charge in [0.1, 0.15) is 11.4 Å². The zero-order valence-electron chi connectivity index (χ0n) is 20.1. The minimum Gasteiger partial charge on any atom is -0.444 e. The Hall–Kier alpha value is -3.09. The average Bonchev–Trinajstić information content (AvgIpc) is 3.20. The predicted octanol–water partition coefficient (Wildman–Crippen LogP) is 4.77. The van der Waals surface area contributed by atoms with E-state index in [9.17, 15) is 4.79 Å². The highest BCUT2D eigenvalue weighted by atomic mass is 19.1. The molecule has 4 aliphatic heterocycles. The molecule has 7 heteroatoms. The number of allylic oxidation sites excluding steroid dienone is 1. The molecule has 2 unspecified atom stereocenters. The number of amides is 1. The van der Waals surface area contributed by atoms with E-state index in [0.29, 0.717) is 11.3 Å². The Bertz CT molecular complexity index is 1190. The molecule has 4 atom stereocenters. The van der Waals surface area contributed by atoms with Crippen LogP contribution < -0.4 is 5.32 Å². The van der Waals surface area contributed by atoms with Gasteiger partial charge in [-0.25, -0.2) is 9.18 Å². The van der Waals surface area contributed by atoms with Crippen molar-refractivity contribution in [3.8, 4) is 0 Å². The number of pyridine rings is 1. The maximum absolute atomic E-state index is 15.1. The number of hydrogen-bond acceptors (Lipinski definition) is 5. The molecular formula is C27H31FN4O2. The van der Waals surface area contributed by atoms with E-state index in [4.69, 9.17) is 4.74 Å². The van der Waals surface area contributed by atoms with Crippen molar-refractivity contribution in [1.29, 1.82) is 0 Å². The maximum atomic E-state index is 15.1. The van der Waals surface area contributed by atoms with Gasteiger partial charge in [-0.2, -0.15) is 0 Å². The lowest BCUT2D eigenvalue weighted by molar-refractivity contribution is 0.0164. The van der Waals surface area contributed by atoms with E-state index in [0.717, 1.165) is 42.5 Å². The van der Waals surface area contributed by atoms with Crippen LogP contribution in [0.2, 0.25) is 0 Å². The molecule has 178 valence electrons. The number of carbonyl (C=O) groups is 1. The molecule has 1 fully saturated rings. The van der Waals surface area contributed by atoms with Gasteiger partial charge in [-0.1, -0.05) is 6.08 Å². The Morgan fingerprint density at radius 3 is 2.88 bits per heavy atom. The van der Waals surface area contributed by atoms with Gasteiger partial charge in [0.25, 0.3) is 0 Å². The number of nitrogens with one attached hydrogen (secondary N) is 1. The highest BCUT2D eigenvalue weighted by molar-refractivity contribution is 5.85. The Morgan fingerprint density at radius 2 is 2.12 bits per heavy atom. The molecule has 1 saturated heterocycles. The second-order valence-corrected chi connectivity index (χ2v) is 11.0. The number of rotatable bonds is 1. The summed E-state index contributed by atoms with van der Waals surface area (Å²) < 4.78 is 20.8.